The second-order valence-electron chi connectivity index (χ2n) is 15.7. The summed E-state index contributed by atoms with van der Waals surface area (Å²) in [6, 6.07) is -2.27. The van der Waals surface area contributed by atoms with Crippen LogP contribution in [0.5, 0.6) is 0 Å². The number of nitrogens with zero attached hydrogens (tertiary/aromatic N) is 2. The quantitative estimate of drug-likeness (QED) is 0.198. The lowest BCUT2D eigenvalue weighted by atomic mass is 9.81. The molecular weight excluding hydrogens is 626 g/mol. The first kappa shape index (κ1) is 36.5. The zero-order chi connectivity index (χ0) is 35.3. The summed E-state index contributed by atoms with van der Waals surface area (Å²) in [5.74, 6) is -2.98. The van der Waals surface area contributed by atoms with Crippen LogP contribution >= 0.6 is 0 Å². The largest absolute Gasteiger partial charge is 0.347 e. The number of aromatic nitrogens is 2. The average molecular weight is 682 g/mol. The molecule has 13 nitrogen and oxygen atoms in total. The topological polar surface area (TPSA) is 182 Å². The van der Waals surface area contributed by atoms with Crippen molar-refractivity contribution in [1.82, 2.24) is 36.4 Å². The predicted molar refractivity (Wildman–Crippen MR) is 182 cm³/mol. The van der Waals surface area contributed by atoms with Gasteiger partial charge in [0, 0.05) is 18.3 Å². The molecule has 1 aliphatic heterocycles. The molecule has 3 aliphatic carbocycles. The van der Waals surface area contributed by atoms with Gasteiger partial charge in [0.15, 0.2) is 0 Å². The molecule has 0 aromatic carbocycles. The number of ketones is 1. The number of Topliss-reactive ketones (excluding diaryl/α,β-unsaturated/α-hetero) is 1. The molecular formula is C36H55N7O6. The van der Waals surface area contributed by atoms with E-state index in [-0.39, 0.29) is 35.5 Å². The maximum atomic E-state index is 14.8. The summed E-state index contributed by atoms with van der Waals surface area (Å²) in [4.78, 5) is 83.6. The van der Waals surface area contributed by atoms with Crippen molar-refractivity contribution in [3.63, 3.8) is 0 Å². The molecule has 0 bridgehead atoms. The summed E-state index contributed by atoms with van der Waals surface area (Å²) in [6.45, 7) is 7.53. The van der Waals surface area contributed by atoms with Crippen LogP contribution in [0, 0.1) is 17.3 Å². The monoisotopic (exact) mass is 681 g/mol. The SMILES string of the molecule is CCC[C@H](NC(=O)[C@@H]1C[C@@H]2CCCC[C@@H]2N1C(=O)[C@@H](NC(=O)C(NC(=O)c1ccn[nH]1)C1CCCCC1)C(C)(C)C)C(=O)C(=O)NC1CC1. The first-order valence-corrected chi connectivity index (χ1v) is 18.5. The fraction of sp³-hybridized carbons (Fsp3) is 0.750. The van der Waals surface area contributed by atoms with E-state index >= 15 is 0 Å². The van der Waals surface area contributed by atoms with Crippen LogP contribution in [0.25, 0.3) is 0 Å². The number of amides is 5. The molecule has 1 aromatic heterocycles. The highest BCUT2D eigenvalue weighted by Gasteiger charge is 2.51. The van der Waals surface area contributed by atoms with Crippen molar-refractivity contribution in [3.05, 3.63) is 18.0 Å². The first-order valence-electron chi connectivity index (χ1n) is 18.5. The summed E-state index contributed by atoms with van der Waals surface area (Å²) in [5, 5.41) is 18.1. The number of aromatic amines is 1. The van der Waals surface area contributed by atoms with Crippen LogP contribution in [0.4, 0.5) is 0 Å². The molecule has 1 aromatic rings. The molecule has 4 aliphatic rings. The molecule has 1 saturated heterocycles. The van der Waals surface area contributed by atoms with Crippen LogP contribution in [0.1, 0.15) is 128 Å². The third kappa shape index (κ3) is 8.88. The Hall–Kier alpha value is -3.77. The minimum Gasteiger partial charge on any atom is -0.347 e. The van der Waals surface area contributed by atoms with Crippen LogP contribution in [-0.4, -0.2) is 86.7 Å². The smallest absolute Gasteiger partial charge is 0.289 e. The van der Waals surface area contributed by atoms with E-state index in [1.165, 1.54) is 6.20 Å². The number of fused-ring (bicyclic) bond motifs is 1. The average Bonchev–Trinajstić information content (AvgIpc) is 3.55. The van der Waals surface area contributed by atoms with Crippen molar-refractivity contribution in [2.24, 2.45) is 17.3 Å². The van der Waals surface area contributed by atoms with Crippen molar-refractivity contribution in [3.8, 4) is 0 Å². The number of carbonyl (C=O) groups is 6. The molecule has 6 atom stereocenters. The van der Waals surface area contributed by atoms with E-state index < -0.39 is 59.0 Å². The minimum atomic E-state index is -0.983. The Morgan fingerprint density at radius 2 is 1.61 bits per heavy atom. The Bertz CT molecular complexity index is 1360. The zero-order valence-electron chi connectivity index (χ0n) is 29.5. The molecule has 0 spiro atoms. The first-order chi connectivity index (χ1) is 23.4. The molecule has 5 N–H and O–H groups in total. The number of hydrogen-bond acceptors (Lipinski definition) is 7. The number of nitrogens with one attached hydrogen (secondary N) is 5. The van der Waals surface area contributed by atoms with E-state index in [9.17, 15) is 28.8 Å². The summed E-state index contributed by atoms with van der Waals surface area (Å²) in [7, 11) is 0. The van der Waals surface area contributed by atoms with Gasteiger partial charge in [-0.25, -0.2) is 0 Å². The van der Waals surface area contributed by atoms with E-state index in [0.29, 0.717) is 19.3 Å². The van der Waals surface area contributed by atoms with Gasteiger partial charge >= 0.3 is 0 Å². The van der Waals surface area contributed by atoms with Gasteiger partial charge in [-0.15, -0.1) is 0 Å². The number of carbonyl (C=O) groups excluding carboxylic acids is 6. The Labute approximate surface area is 289 Å². The van der Waals surface area contributed by atoms with Crippen molar-refractivity contribution >= 4 is 35.3 Å². The van der Waals surface area contributed by atoms with Gasteiger partial charge < -0.3 is 26.2 Å². The van der Waals surface area contributed by atoms with Gasteiger partial charge in [0.25, 0.3) is 11.8 Å². The summed E-state index contributed by atoms with van der Waals surface area (Å²) in [6.07, 6.45) is 12.6. The molecule has 2 heterocycles. The number of hydrogen-bond donors (Lipinski definition) is 5. The lowest BCUT2D eigenvalue weighted by Crippen LogP contribution is -2.63. The van der Waals surface area contributed by atoms with Crippen molar-refractivity contribution in [1.29, 1.82) is 0 Å². The maximum Gasteiger partial charge on any atom is 0.289 e. The summed E-state index contributed by atoms with van der Waals surface area (Å²) >= 11 is 0. The van der Waals surface area contributed by atoms with Gasteiger partial charge in [-0.3, -0.25) is 33.9 Å². The molecule has 5 rings (SSSR count). The molecule has 270 valence electrons. The van der Waals surface area contributed by atoms with Gasteiger partial charge in [0.1, 0.15) is 23.8 Å². The lowest BCUT2D eigenvalue weighted by Gasteiger charge is -2.40. The van der Waals surface area contributed by atoms with Crippen LogP contribution in [0.2, 0.25) is 0 Å². The Morgan fingerprint density at radius 3 is 2.24 bits per heavy atom. The normalized spacial score (nSPS) is 24.6. The maximum absolute atomic E-state index is 14.8. The third-order valence-corrected chi connectivity index (χ3v) is 10.8. The van der Waals surface area contributed by atoms with E-state index in [4.69, 9.17) is 0 Å². The predicted octanol–water partition coefficient (Wildman–Crippen LogP) is 2.91. The second kappa shape index (κ2) is 15.8. The van der Waals surface area contributed by atoms with Gasteiger partial charge in [-0.05, 0) is 74.7 Å². The highest BCUT2D eigenvalue weighted by molar-refractivity contribution is 6.38. The molecule has 1 unspecified atom stereocenters. The van der Waals surface area contributed by atoms with E-state index in [0.717, 1.165) is 70.6 Å². The highest BCUT2D eigenvalue weighted by Crippen LogP contribution is 2.41. The zero-order valence-corrected chi connectivity index (χ0v) is 29.5. The lowest BCUT2D eigenvalue weighted by molar-refractivity contribution is -0.147. The van der Waals surface area contributed by atoms with Gasteiger partial charge in [-0.1, -0.05) is 66.2 Å². The minimum absolute atomic E-state index is 0.0153. The fourth-order valence-corrected chi connectivity index (χ4v) is 7.98. The summed E-state index contributed by atoms with van der Waals surface area (Å²) in [5.41, 5.74) is -0.483. The van der Waals surface area contributed by atoms with Gasteiger partial charge in [0.05, 0.1) is 6.04 Å². The van der Waals surface area contributed by atoms with E-state index in [1.807, 2.05) is 27.7 Å². The van der Waals surface area contributed by atoms with Gasteiger partial charge in [0.2, 0.25) is 23.5 Å². The molecule has 3 saturated carbocycles. The second-order valence-corrected chi connectivity index (χ2v) is 15.7. The van der Waals surface area contributed by atoms with Crippen LogP contribution in [-0.2, 0) is 24.0 Å². The van der Waals surface area contributed by atoms with Crippen molar-refractivity contribution < 1.29 is 28.8 Å². The molecule has 0 radical (unpaired) electrons. The van der Waals surface area contributed by atoms with E-state index in [1.54, 1.807) is 11.0 Å². The van der Waals surface area contributed by atoms with Crippen molar-refractivity contribution in [2.75, 3.05) is 0 Å². The highest BCUT2D eigenvalue weighted by atomic mass is 16.2. The van der Waals surface area contributed by atoms with Crippen LogP contribution < -0.4 is 21.3 Å². The Balaban J connectivity index is 1.37. The Morgan fingerprint density at radius 1 is 0.918 bits per heavy atom. The van der Waals surface area contributed by atoms with Crippen LogP contribution in [0.3, 0.4) is 0 Å². The van der Waals surface area contributed by atoms with E-state index in [2.05, 4.69) is 31.5 Å². The molecule has 4 fully saturated rings. The Kier molecular flexibility index (Phi) is 11.8. The third-order valence-electron chi connectivity index (χ3n) is 10.8. The number of rotatable bonds is 13. The number of H-pyrrole nitrogens is 1. The van der Waals surface area contributed by atoms with Gasteiger partial charge in [-0.2, -0.15) is 5.10 Å². The molecule has 13 heteroatoms. The van der Waals surface area contributed by atoms with Crippen LogP contribution in [0.15, 0.2) is 12.3 Å². The molecule has 49 heavy (non-hydrogen) atoms. The standard InChI is InChI=1S/C36H55N7O6/c1-5-11-24(29(44)34(48)38-23-16-17-23)39-32(46)27-20-22-14-9-10-15-26(22)43(27)35(49)30(36(2,3)4)41-33(47)28(21-12-7-6-8-13-21)40-31(45)25-18-19-37-42-25/h18-19,21-24,26-28,30H,5-17,20H2,1-4H3,(H,37,42)(H,38,48)(H,39,46)(H,40,45)(H,41,47)/t22-,24-,26-,27-,28?,30+/m0/s1. The molecule has 5 amide bonds. The number of likely N-dealkylation sites (tertiary alicyclic amines) is 1. The summed E-state index contributed by atoms with van der Waals surface area (Å²) < 4.78 is 0. The van der Waals surface area contributed by atoms with Crippen molar-refractivity contribution in [2.45, 2.75) is 154 Å². The fourth-order valence-electron chi connectivity index (χ4n) is 7.98.